The van der Waals surface area contributed by atoms with Crippen LogP contribution in [0.2, 0.25) is 0 Å². The lowest BCUT2D eigenvalue weighted by Crippen LogP contribution is -2.37. The van der Waals surface area contributed by atoms with Crippen molar-refractivity contribution in [3.8, 4) is 5.88 Å². The number of hydrogen-bond acceptors (Lipinski definition) is 4. The molecular formula is C11H12F3N3O2. The van der Waals surface area contributed by atoms with Gasteiger partial charge in [0.25, 0.3) is 0 Å². The maximum atomic E-state index is 11.9. The van der Waals surface area contributed by atoms with E-state index >= 15 is 0 Å². The predicted octanol–water partition coefficient (Wildman–Crippen LogP) is 1.45. The normalized spacial score (nSPS) is 16.8. The number of halogens is 3. The van der Waals surface area contributed by atoms with E-state index in [9.17, 15) is 18.0 Å². The van der Waals surface area contributed by atoms with Gasteiger partial charge in [-0.1, -0.05) is 0 Å². The molecule has 0 aromatic carbocycles. The number of amides is 1. The van der Waals surface area contributed by atoms with E-state index in [1.165, 1.54) is 18.3 Å². The van der Waals surface area contributed by atoms with E-state index in [0.717, 1.165) is 0 Å². The van der Waals surface area contributed by atoms with E-state index in [2.05, 4.69) is 15.0 Å². The van der Waals surface area contributed by atoms with Crippen LogP contribution in [0.25, 0.3) is 0 Å². The van der Waals surface area contributed by atoms with Crippen molar-refractivity contribution in [3.63, 3.8) is 0 Å². The van der Waals surface area contributed by atoms with E-state index in [4.69, 9.17) is 5.73 Å². The van der Waals surface area contributed by atoms with Crippen LogP contribution in [0.3, 0.4) is 0 Å². The van der Waals surface area contributed by atoms with Crippen LogP contribution >= 0.6 is 0 Å². The van der Waals surface area contributed by atoms with E-state index in [0.29, 0.717) is 18.5 Å². The number of ether oxygens (including phenoxy) is 1. The van der Waals surface area contributed by atoms with Crippen molar-refractivity contribution >= 4 is 11.6 Å². The van der Waals surface area contributed by atoms with Crippen molar-refractivity contribution in [2.24, 2.45) is 5.73 Å². The summed E-state index contributed by atoms with van der Waals surface area (Å²) in [5.41, 5.74) is 5.23. The molecule has 2 rings (SSSR count). The van der Waals surface area contributed by atoms with Crippen LogP contribution in [0.5, 0.6) is 5.88 Å². The Kier molecular flexibility index (Phi) is 3.36. The Hall–Kier alpha value is -1.83. The number of nitrogens with one attached hydrogen (secondary N) is 1. The highest BCUT2D eigenvalue weighted by molar-refractivity contribution is 5.99. The second kappa shape index (κ2) is 4.69. The molecule has 0 bridgehead atoms. The minimum atomic E-state index is -4.41. The van der Waals surface area contributed by atoms with Crippen LogP contribution in [-0.2, 0) is 4.79 Å². The lowest BCUT2D eigenvalue weighted by atomic mass is 10.2. The summed E-state index contributed by atoms with van der Waals surface area (Å²) in [6.45, 7) is -1.41. The first-order valence-corrected chi connectivity index (χ1v) is 5.54. The number of carbonyl (C=O) groups excluding carboxylic acids is 1. The standard InChI is InChI=1S/C11H12F3N3O2/c12-11(13,14)6-19-8-2-1-7(5-16-8)17-9(18)10(15)3-4-10/h1-2,5H,3-4,6,15H2,(H,17,18). The molecule has 0 aliphatic heterocycles. The molecule has 0 spiro atoms. The number of alkyl halides is 3. The molecule has 0 atom stereocenters. The zero-order valence-electron chi connectivity index (χ0n) is 9.83. The number of carbonyl (C=O) groups is 1. The third-order valence-electron chi connectivity index (χ3n) is 2.62. The van der Waals surface area contributed by atoms with Gasteiger partial charge in [-0.05, 0) is 18.9 Å². The van der Waals surface area contributed by atoms with Gasteiger partial charge in [-0.2, -0.15) is 13.2 Å². The van der Waals surface area contributed by atoms with Crippen LogP contribution < -0.4 is 15.8 Å². The third-order valence-corrected chi connectivity index (χ3v) is 2.62. The van der Waals surface area contributed by atoms with Gasteiger partial charge in [0.2, 0.25) is 11.8 Å². The monoisotopic (exact) mass is 275 g/mol. The summed E-state index contributed by atoms with van der Waals surface area (Å²) >= 11 is 0. The van der Waals surface area contributed by atoms with E-state index in [-0.39, 0.29) is 11.8 Å². The molecule has 1 aliphatic carbocycles. The maximum Gasteiger partial charge on any atom is 0.422 e. The van der Waals surface area contributed by atoms with Crippen molar-refractivity contribution in [2.75, 3.05) is 11.9 Å². The molecule has 8 heteroatoms. The highest BCUT2D eigenvalue weighted by Crippen LogP contribution is 2.33. The molecule has 0 radical (unpaired) electrons. The van der Waals surface area contributed by atoms with E-state index in [1.807, 2.05) is 0 Å². The Labute approximate surface area is 106 Å². The molecule has 1 amide bonds. The number of nitrogens with zero attached hydrogens (tertiary/aromatic N) is 1. The summed E-state index contributed by atoms with van der Waals surface area (Å²) in [4.78, 5) is 15.3. The minimum Gasteiger partial charge on any atom is -0.468 e. The fraction of sp³-hybridized carbons (Fsp3) is 0.455. The quantitative estimate of drug-likeness (QED) is 0.872. The highest BCUT2D eigenvalue weighted by atomic mass is 19.4. The van der Waals surface area contributed by atoms with Crippen molar-refractivity contribution in [2.45, 2.75) is 24.6 Å². The number of rotatable bonds is 4. The smallest absolute Gasteiger partial charge is 0.422 e. The molecule has 0 unspecified atom stereocenters. The second-order valence-corrected chi connectivity index (χ2v) is 4.40. The summed E-state index contributed by atoms with van der Waals surface area (Å²) in [6.07, 6.45) is -1.94. The number of anilines is 1. The number of aromatic nitrogens is 1. The van der Waals surface area contributed by atoms with Gasteiger partial charge >= 0.3 is 6.18 Å². The Morgan fingerprint density at radius 2 is 2.16 bits per heavy atom. The van der Waals surface area contributed by atoms with Gasteiger partial charge in [0.1, 0.15) is 0 Å². The topological polar surface area (TPSA) is 77.2 Å². The minimum absolute atomic E-state index is 0.163. The Balaban J connectivity index is 1.89. The van der Waals surface area contributed by atoms with Gasteiger partial charge in [-0.25, -0.2) is 4.98 Å². The fourth-order valence-corrected chi connectivity index (χ4v) is 1.31. The highest BCUT2D eigenvalue weighted by Gasteiger charge is 2.45. The maximum absolute atomic E-state index is 11.9. The van der Waals surface area contributed by atoms with Gasteiger partial charge in [0.05, 0.1) is 17.4 Å². The zero-order valence-corrected chi connectivity index (χ0v) is 9.83. The molecule has 1 saturated carbocycles. The first-order chi connectivity index (χ1) is 8.78. The summed E-state index contributed by atoms with van der Waals surface area (Å²) in [5, 5.41) is 2.54. The third kappa shape index (κ3) is 3.82. The lowest BCUT2D eigenvalue weighted by molar-refractivity contribution is -0.154. The van der Waals surface area contributed by atoms with Crippen molar-refractivity contribution < 1.29 is 22.7 Å². The molecule has 5 nitrogen and oxygen atoms in total. The molecule has 104 valence electrons. The Morgan fingerprint density at radius 3 is 2.63 bits per heavy atom. The first kappa shape index (κ1) is 13.6. The van der Waals surface area contributed by atoms with E-state index in [1.54, 1.807) is 0 Å². The average molecular weight is 275 g/mol. The molecule has 1 aliphatic rings. The molecular weight excluding hydrogens is 263 g/mol. The van der Waals surface area contributed by atoms with Gasteiger partial charge in [-0.3, -0.25) is 4.79 Å². The summed E-state index contributed by atoms with van der Waals surface area (Å²) in [7, 11) is 0. The summed E-state index contributed by atoms with van der Waals surface area (Å²) in [6, 6.07) is 2.65. The van der Waals surface area contributed by atoms with E-state index < -0.39 is 18.3 Å². The summed E-state index contributed by atoms with van der Waals surface area (Å²) < 4.78 is 40.2. The lowest BCUT2D eigenvalue weighted by Gasteiger charge is -2.11. The Bertz CT molecular complexity index is 469. The fourth-order valence-electron chi connectivity index (χ4n) is 1.31. The van der Waals surface area contributed by atoms with Gasteiger partial charge in [-0.15, -0.1) is 0 Å². The number of nitrogens with two attached hydrogens (primary N) is 1. The molecule has 1 aromatic heterocycles. The van der Waals surface area contributed by atoms with Crippen LogP contribution in [0.1, 0.15) is 12.8 Å². The Morgan fingerprint density at radius 1 is 1.47 bits per heavy atom. The van der Waals surface area contributed by atoms with Crippen molar-refractivity contribution in [3.05, 3.63) is 18.3 Å². The summed E-state index contributed by atoms with van der Waals surface area (Å²) in [5.74, 6) is -0.484. The molecule has 1 aromatic rings. The SMILES string of the molecule is NC1(C(=O)Nc2ccc(OCC(F)(F)F)nc2)CC1. The van der Waals surface area contributed by atoms with Crippen LogP contribution in [0.4, 0.5) is 18.9 Å². The van der Waals surface area contributed by atoms with Crippen LogP contribution in [0.15, 0.2) is 18.3 Å². The largest absolute Gasteiger partial charge is 0.468 e. The zero-order chi connectivity index (χ0) is 14.1. The molecule has 0 saturated heterocycles. The molecule has 1 fully saturated rings. The van der Waals surface area contributed by atoms with Crippen LogP contribution in [0, 0.1) is 0 Å². The van der Waals surface area contributed by atoms with Gasteiger partial charge < -0.3 is 15.8 Å². The van der Waals surface area contributed by atoms with Crippen molar-refractivity contribution in [1.82, 2.24) is 4.98 Å². The van der Waals surface area contributed by atoms with Gasteiger partial charge in [0.15, 0.2) is 6.61 Å². The number of pyridine rings is 1. The predicted molar refractivity (Wildman–Crippen MR) is 60.6 cm³/mol. The second-order valence-electron chi connectivity index (χ2n) is 4.40. The molecule has 3 N–H and O–H groups in total. The van der Waals surface area contributed by atoms with Gasteiger partial charge in [0, 0.05) is 6.07 Å². The molecule has 1 heterocycles. The number of hydrogen-bond donors (Lipinski definition) is 2. The van der Waals surface area contributed by atoms with Crippen molar-refractivity contribution in [1.29, 1.82) is 0 Å². The van der Waals surface area contributed by atoms with Crippen LogP contribution in [-0.4, -0.2) is 29.2 Å². The molecule has 19 heavy (non-hydrogen) atoms. The first-order valence-electron chi connectivity index (χ1n) is 5.54. The average Bonchev–Trinajstić information content (AvgIpc) is 3.07.